The van der Waals surface area contributed by atoms with Crippen molar-refractivity contribution in [3.05, 3.63) is 47.5 Å². The average Bonchev–Trinajstić information content (AvgIpc) is 2.99. The van der Waals surface area contributed by atoms with E-state index in [1.807, 2.05) is 0 Å². The topological polar surface area (TPSA) is 46.9 Å². The summed E-state index contributed by atoms with van der Waals surface area (Å²) in [5.41, 5.74) is -0.411. The second-order valence-electron chi connectivity index (χ2n) is 6.59. The summed E-state index contributed by atoms with van der Waals surface area (Å²) in [5.74, 6) is -0.569. The Labute approximate surface area is 144 Å². The van der Waals surface area contributed by atoms with Gasteiger partial charge in [0.25, 0.3) is 12.3 Å². The molecule has 1 aliphatic carbocycles. The summed E-state index contributed by atoms with van der Waals surface area (Å²) in [4.78, 5) is 12.2. The number of carbonyl (C=O) groups is 1. The Kier molecular flexibility index (Phi) is 5.11. The van der Waals surface area contributed by atoms with Crippen LogP contribution in [0.3, 0.4) is 0 Å². The summed E-state index contributed by atoms with van der Waals surface area (Å²) in [5, 5.41) is 6.44. The van der Waals surface area contributed by atoms with Gasteiger partial charge < -0.3 is 5.32 Å². The first-order valence-corrected chi connectivity index (χ1v) is 8.38. The highest BCUT2D eigenvalue weighted by Gasteiger charge is 2.25. The molecule has 0 unspecified atom stereocenters. The fourth-order valence-electron chi connectivity index (χ4n) is 3.18. The lowest BCUT2D eigenvalue weighted by atomic mass is 9.87. The maximum Gasteiger partial charge on any atom is 0.284 e. The van der Waals surface area contributed by atoms with Crippen LogP contribution >= 0.6 is 0 Å². The molecule has 1 heterocycles. The number of nitrogens with zero attached hydrogens (tertiary/aromatic N) is 2. The first-order chi connectivity index (χ1) is 11.9. The molecule has 0 bridgehead atoms. The van der Waals surface area contributed by atoms with Crippen LogP contribution in [0.1, 0.15) is 61.1 Å². The van der Waals surface area contributed by atoms with Crippen molar-refractivity contribution in [2.75, 3.05) is 5.32 Å². The smallest absolute Gasteiger partial charge is 0.284 e. The minimum atomic E-state index is -2.80. The van der Waals surface area contributed by atoms with Gasteiger partial charge in [-0.2, -0.15) is 5.10 Å². The van der Waals surface area contributed by atoms with Crippen molar-refractivity contribution < 1.29 is 18.0 Å². The molecule has 3 rings (SSSR count). The normalized spacial score (nSPS) is 20.7. The third-order valence-corrected chi connectivity index (χ3v) is 4.66. The number of hydrogen-bond donors (Lipinski definition) is 1. The van der Waals surface area contributed by atoms with Gasteiger partial charge in [-0.05, 0) is 49.8 Å². The van der Waals surface area contributed by atoms with Crippen LogP contribution in [-0.4, -0.2) is 15.7 Å². The summed E-state index contributed by atoms with van der Waals surface area (Å²) >= 11 is 0. The minimum Gasteiger partial charge on any atom is -0.319 e. The maximum atomic E-state index is 13.3. The third kappa shape index (κ3) is 4.03. The third-order valence-electron chi connectivity index (χ3n) is 4.66. The highest BCUT2D eigenvalue weighted by atomic mass is 19.3. The molecule has 0 aliphatic heterocycles. The lowest BCUT2D eigenvalue weighted by Crippen LogP contribution is -2.17. The Morgan fingerprint density at radius 1 is 1.28 bits per heavy atom. The summed E-state index contributed by atoms with van der Waals surface area (Å²) in [7, 11) is 0. The second kappa shape index (κ2) is 7.29. The van der Waals surface area contributed by atoms with Crippen LogP contribution in [0, 0.1) is 11.7 Å². The van der Waals surface area contributed by atoms with Crippen molar-refractivity contribution >= 4 is 11.6 Å². The standard InChI is InChI=1S/C18H20F3N3O/c1-11-5-7-14(8-6-11)24-10-15(16(23-24)17(20)21)22-18(25)12-3-2-4-13(19)9-12/h2-4,9-11,14,17H,5-8H2,1H3,(H,22,25). The highest BCUT2D eigenvalue weighted by molar-refractivity contribution is 6.04. The molecule has 0 saturated heterocycles. The molecular formula is C18H20F3N3O. The van der Waals surface area contributed by atoms with E-state index in [0.29, 0.717) is 5.92 Å². The molecule has 25 heavy (non-hydrogen) atoms. The largest absolute Gasteiger partial charge is 0.319 e. The van der Waals surface area contributed by atoms with Crippen molar-refractivity contribution in [3.63, 3.8) is 0 Å². The van der Waals surface area contributed by atoms with Gasteiger partial charge in [-0.1, -0.05) is 13.0 Å². The Hall–Kier alpha value is -2.31. The van der Waals surface area contributed by atoms with Gasteiger partial charge in [-0.15, -0.1) is 0 Å². The number of benzene rings is 1. The van der Waals surface area contributed by atoms with Crippen molar-refractivity contribution in [2.24, 2.45) is 5.92 Å². The molecule has 134 valence electrons. The van der Waals surface area contributed by atoms with Crippen molar-refractivity contribution in [1.82, 2.24) is 9.78 Å². The van der Waals surface area contributed by atoms with E-state index in [2.05, 4.69) is 17.3 Å². The summed E-state index contributed by atoms with van der Waals surface area (Å²) in [6.07, 6.45) is 2.47. The van der Waals surface area contributed by atoms with E-state index >= 15 is 0 Å². The monoisotopic (exact) mass is 351 g/mol. The van der Waals surface area contributed by atoms with E-state index in [-0.39, 0.29) is 17.3 Å². The van der Waals surface area contributed by atoms with E-state index in [1.165, 1.54) is 29.1 Å². The Morgan fingerprint density at radius 2 is 2.00 bits per heavy atom. The minimum absolute atomic E-state index is 0.0251. The van der Waals surface area contributed by atoms with Crippen molar-refractivity contribution in [2.45, 2.75) is 45.1 Å². The van der Waals surface area contributed by atoms with E-state index in [9.17, 15) is 18.0 Å². The van der Waals surface area contributed by atoms with Crippen LogP contribution in [0.2, 0.25) is 0 Å². The molecule has 1 aromatic carbocycles. The fraction of sp³-hybridized carbons (Fsp3) is 0.444. The molecule has 1 amide bonds. The number of aromatic nitrogens is 2. The summed E-state index contributed by atoms with van der Waals surface area (Å²) in [6, 6.07) is 5.15. The van der Waals surface area contributed by atoms with Gasteiger partial charge in [0, 0.05) is 11.8 Å². The molecule has 7 heteroatoms. The van der Waals surface area contributed by atoms with E-state index in [4.69, 9.17) is 0 Å². The van der Waals surface area contributed by atoms with Gasteiger partial charge in [0.15, 0.2) is 5.69 Å². The predicted octanol–water partition coefficient (Wildman–Crippen LogP) is 4.96. The first kappa shape index (κ1) is 17.5. The molecule has 2 aromatic rings. The Bertz CT molecular complexity index is 752. The van der Waals surface area contributed by atoms with Crippen LogP contribution in [0.15, 0.2) is 30.5 Å². The van der Waals surface area contributed by atoms with Crippen LogP contribution < -0.4 is 5.32 Å². The molecule has 1 fully saturated rings. The Balaban J connectivity index is 1.81. The van der Waals surface area contributed by atoms with Gasteiger partial charge in [0.2, 0.25) is 0 Å². The molecule has 1 N–H and O–H groups in total. The lowest BCUT2D eigenvalue weighted by molar-refractivity contribution is 0.102. The van der Waals surface area contributed by atoms with Crippen LogP contribution in [0.25, 0.3) is 0 Å². The van der Waals surface area contributed by atoms with Crippen LogP contribution in [-0.2, 0) is 0 Å². The molecule has 1 aromatic heterocycles. The van der Waals surface area contributed by atoms with E-state index in [1.54, 1.807) is 0 Å². The predicted molar refractivity (Wildman–Crippen MR) is 88.2 cm³/mol. The van der Waals surface area contributed by atoms with Crippen molar-refractivity contribution in [3.8, 4) is 0 Å². The van der Waals surface area contributed by atoms with Gasteiger partial charge in [0.05, 0.1) is 11.7 Å². The molecular weight excluding hydrogens is 331 g/mol. The van der Waals surface area contributed by atoms with E-state index < -0.39 is 23.8 Å². The Morgan fingerprint density at radius 3 is 2.64 bits per heavy atom. The number of amides is 1. The fourth-order valence-corrected chi connectivity index (χ4v) is 3.18. The molecule has 1 saturated carbocycles. The number of halogens is 3. The number of anilines is 1. The van der Waals surface area contributed by atoms with Crippen molar-refractivity contribution in [1.29, 1.82) is 0 Å². The molecule has 0 radical (unpaired) electrons. The summed E-state index contributed by atoms with van der Waals surface area (Å²) in [6.45, 7) is 2.18. The number of alkyl halides is 2. The number of carbonyl (C=O) groups excluding carboxylic acids is 1. The zero-order chi connectivity index (χ0) is 18.0. The zero-order valence-corrected chi connectivity index (χ0v) is 13.9. The average molecular weight is 351 g/mol. The van der Waals surface area contributed by atoms with Gasteiger partial charge in [0.1, 0.15) is 5.82 Å². The number of rotatable bonds is 4. The molecule has 0 spiro atoms. The maximum absolute atomic E-state index is 13.3. The summed E-state index contributed by atoms with van der Waals surface area (Å²) < 4.78 is 41.4. The zero-order valence-electron chi connectivity index (χ0n) is 13.9. The molecule has 0 atom stereocenters. The molecule has 4 nitrogen and oxygen atoms in total. The SMILES string of the molecule is CC1CCC(n2cc(NC(=O)c3cccc(F)c3)c(C(F)F)n2)CC1. The number of nitrogens with one attached hydrogen (secondary N) is 1. The molecule has 1 aliphatic rings. The van der Waals surface area contributed by atoms with Gasteiger partial charge in [-0.3, -0.25) is 9.48 Å². The quantitative estimate of drug-likeness (QED) is 0.846. The highest BCUT2D eigenvalue weighted by Crippen LogP contribution is 2.34. The van der Waals surface area contributed by atoms with Crippen LogP contribution in [0.4, 0.5) is 18.9 Å². The van der Waals surface area contributed by atoms with Gasteiger partial charge >= 0.3 is 0 Å². The second-order valence-corrected chi connectivity index (χ2v) is 6.59. The van der Waals surface area contributed by atoms with Gasteiger partial charge in [-0.25, -0.2) is 13.2 Å². The lowest BCUT2D eigenvalue weighted by Gasteiger charge is -2.26. The number of hydrogen-bond acceptors (Lipinski definition) is 2. The first-order valence-electron chi connectivity index (χ1n) is 8.38. The van der Waals surface area contributed by atoms with E-state index in [0.717, 1.165) is 31.7 Å². The van der Waals surface area contributed by atoms with Crippen LogP contribution in [0.5, 0.6) is 0 Å².